The summed E-state index contributed by atoms with van der Waals surface area (Å²) in [6, 6.07) is 0.910. The van der Waals surface area contributed by atoms with Gasteiger partial charge in [-0.05, 0) is 63.5 Å². The van der Waals surface area contributed by atoms with Gasteiger partial charge in [-0.3, -0.25) is 4.90 Å². The first kappa shape index (κ1) is 10.1. The van der Waals surface area contributed by atoms with Gasteiger partial charge in [0.05, 0.1) is 0 Å². The largest absolute Gasteiger partial charge is 0.317 e. The molecule has 15 heavy (non-hydrogen) atoms. The summed E-state index contributed by atoms with van der Waals surface area (Å²) in [6.45, 7) is 5.33. The zero-order valence-corrected chi connectivity index (χ0v) is 9.75. The quantitative estimate of drug-likeness (QED) is 0.742. The highest BCUT2D eigenvalue weighted by atomic mass is 15.2. The molecule has 0 radical (unpaired) electrons. The van der Waals surface area contributed by atoms with Crippen LogP contribution in [0.2, 0.25) is 0 Å². The van der Waals surface area contributed by atoms with E-state index in [2.05, 4.69) is 10.2 Å². The van der Waals surface area contributed by atoms with Gasteiger partial charge in [0, 0.05) is 19.1 Å². The van der Waals surface area contributed by atoms with Crippen molar-refractivity contribution in [3.63, 3.8) is 0 Å². The maximum Gasteiger partial charge on any atom is 0.0120 e. The number of rotatable bonds is 5. The van der Waals surface area contributed by atoms with Crippen molar-refractivity contribution >= 4 is 0 Å². The summed E-state index contributed by atoms with van der Waals surface area (Å²) < 4.78 is 0. The number of piperidine rings is 1. The summed E-state index contributed by atoms with van der Waals surface area (Å²) in [5, 5.41) is 3.48. The maximum atomic E-state index is 3.48. The molecule has 1 saturated heterocycles. The zero-order valence-electron chi connectivity index (χ0n) is 9.75. The fraction of sp³-hybridized carbons (Fsp3) is 1.00. The molecule has 1 N–H and O–H groups in total. The average molecular weight is 208 g/mol. The third-order valence-electron chi connectivity index (χ3n) is 4.20. The molecule has 0 bridgehead atoms. The molecular formula is C13H24N2. The molecule has 3 aliphatic rings. The van der Waals surface area contributed by atoms with Crippen LogP contribution in [-0.2, 0) is 0 Å². The Hall–Kier alpha value is -0.0800. The van der Waals surface area contributed by atoms with E-state index in [4.69, 9.17) is 0 Å². The fourth-order valence-electron chi connectivity index (χ4n) is 2.81. The van der Waals surface area contributed by atoms with Crippen molar-refractivity contribution in [2.24, 2.45) is 11.8 Å². The normalized spacial score (nSPS) is 28.6. The SMILES string of the molecule is C1CC(N(CC2CC2)CC2CC2)CCN1. The van der Waals surface area contributed by atoms with Crippen molar-refractivity contribution in [3.8, 4) is 0 Å². The lowest BCUT2D eigenvalue weighted by atomic mass is 10.0. The second kappa shape index (κ2) is 4.42. The lowest BCUT2D eigenvalue weighted by Crippen LogP contribution is -2.44. The molecule has 86 valence electrons. The Labute approximate surface area is 93.4 Å². The van der Waals surface area contributed by atoms with Gasteiger partial charge in [0.2, 0.25) is 0 Å². The molecule has 1 heterocycles. The van der Waals surface area contributed by atoms with Crippen molar-refractivity contribution in [1.82, 2.24) is 10.2 Å². The number of nitrogens with zero attached hydrogens (tertiary/aromatic N) is 1. The molecule has 0 atom stereocenters. The highest BCUT2D eigenvalue weighted by Gasteiger charge is 2.32. The van der Waals surface area contributed by atoms with E-state index in [-0.39, 0.29) is 0 Å². The Morgan fingerprint density at radius 3 is 1.80 bits per heavy atom. The second-order valence-corrected chi connectivity index (χ2v) is 5.82. The minimum Gasteiger partial charge on any atom is -0.317 e. The standard InChI is InChI=1S/C13H24N2/c1-2-11(1)9-15(10-12-3-4-12)13-5-7-14-8-6-13/h11-14H,1-10H2. The van der Waals surface area contributed by atoms with E-state index < -0.39 is 0 Å². The second-order valence-electron chi connectivity index (χ2n) is 5.82. The number of nitrogens with one attached hydrogen (secondary N) is 1. The third-order valence-corrected chi connectivity index (χ3v) is 4.20. The summed E-state index contributed by atoms with van der Waals surface area (Å²) in [5.41, 5.74) is 0. The van der Waals surface area contributed by atoms with E-state index in [1.54, 1.807) is 0 Å². The molecule has 2 heteroatoms. The fourth-order valence-corrected chi connectivity index (χ4v) is 2.81. The molecule has 0 aromatic rings. The van der Waals surface area contributed by atoms with E-state index in [1.807, 2.05) is 0 Å². The predicted octanol–water partition coefficient (Wildman–Crippen LogP) is 1.86. The van der Waals surface area contributed by atoms with Crippen LogP contribution in [0.15, 0.2) is 0 Å². The smallest absolute Gasteiger partial charge is 0.0120 e. The highest BCUT2D eigenvalue weighted by Crippen LogP contribution is 2.35. The van der Waals surface area contributed by atoms with Crippen LogP contribution in [0.4, 0.5) is 0 Å². The van der Waals surface area contributed by atoms with Gasteiger partial charge in [-0.25, -0.2) is 0 Å². The summed E-state index contributed by atoms with van der Waals surface area (Å²) in [5.74, 6) is 2.14. The monoisotopic (exact) mass is 208 g/mol. The predicted molar refractivity (Wildman–Crippen MR) is 62.9 cm³/mol. The minimum atomic E-state index is 0.910. The van der Waals surface area contributed by atoms with Crippen molar-refractivity contribution < 1.29 is 0 Å². The van der Waals surface area contributed by atoms with Crippen LogP contribution < -0.4 is 5.32 Å². The minimum absolute atomic E-state index is 0.910. The third kappa shape index (κ3) is 2.94. The number of hydrogen-bond acceptors (Lipinski definition) is 2. The van der Waals surface area contributed by atoms with E-state index in [0.29, 0.717) is 0 Å². The van der Waals surface area contributed by atoms with Crippen LogP contribution in [0.1, 0.15) is 38.5 Å². The van der Waals surface area contributed by atoms with Gasteiger partial charge in [0.1, 0.15) is 0 Å². The molecule has 2 nitrogen and oxygen atoms in total. The van der Waals surface area contributed by atoms with Gasteiger partial charge < -0.3 is 5.32 Å². The van der Waals surface area contributed by atoms with Gasteiger partial charge in [-0.2, -0.15) is 0 Å². The van der Waals surface area contributed by atoms with Gasteiger partial charge in [-0.1, -0.05) is 0 Å². The van der Waals surface area contributed by atoms with Crippen molar-refractivity contribution in [2.45, 2.75) is 44.6 Å². The van der Waals surface area contributed by atoms with Crippen LogP contribution in [0.5, 0.6) is 0 Å². The molecular weight excluding hydrogens is 184 g/mol. The topological polar surface area (TPSA) is 15.3 Å². The molecule has 0 aromatic carbocycles. The van der Waals surface area contributed by atoms with E-state index >= 15 is 0 Å². The Balaban J connectivity index is 1.53. The Kier molecular flexibility index (Phi) is 2.98. The molecule has 0 amide bonds. The lowest BCUT2D eigenvalue weighted by molar-refractivity contribution is 0.149. The van der Waals surface area contributed by atoms with Crippen LogP contribution in [0.3, 0.4) is 0 Å². The maximum absolute atomic E-state index is 3.48. The number of hydrogen-bond donors (Lipinski definition) is 1. The van der Waals surface area contributed by atoms with Crippen molar-refractivity contribution in [3.05, 3.63) is 0 Å². The van der Waals surface area contributed by atoms with Crippen molar-refractivity contribution in [2.75, 3.05) is 26.2 Å². The molecule has 0 aromatic heterocycles. The molecule has 0 unspecified atom stereocenters. The van der Waals surface area contributed by atoms with Crippen LogP contribution in [-0.4, -0.2) is 37.1 Å². The van der Waals surface area contributed by atoms with Crippen LogP contribution >= 0.6 is 0 Å². The van der Waals surface area contributed by atoms with E-state index in [0.717, 1.165) is 17.9 Å². The first-order valence-corrected chi connectivity index (χ1v) is 6.86. The summed E-state index contributed by atoms with van der Waals surface area (Å²) in [4.78, 5) is 2.84. The highest BCUT2D eigenvalue weighted by molar-refractivity contribution is 4.87. The summed E-state index contributed by atoms with van der Waals surface area (Å²) in [6.07, 6.45) is 8.80. The first-order chi connectivity index (χ1) is 7.42. The molecule has 3 rings (SSSR count). The molecule has 2 aliphatic carbocycles. The molecule has 0 spiro atoms. The van der Waals surface area contributed by atoms with Crippen LogP contribution in [0, 0.1) is 11.8 Å². The summed E-state index contributed by atoms with van der Waals surface area (Å²) in [7, 11) is 0. The van der Waals surface area contributed by atoms with Crippen molar-refractivity contribution in [1.29, 1.82) is 0 Å². The van der Waals surface area contributed by atoms with E-state index in [1.165, 1.54) is 64.7 Å². The van der Waals surface area contributed by atoms with Gasteiger partial charge in [-0.15, -0.1) is 0 Å². The first-order valence-electron chi connectivity index (χ1n) is 6.86. The Morgan fingerprint density at radius 2 is 1.33 bits per heavy atom. The van der Waals surface area contributed by atoms with Gasteiger partial charge >= 0.3 is 0 Å². The lowest BCUT2D eigenvalue weighted by Gasteiger charge is -2.35. The van der Waals surface area contributed by atoms with Gasteiger partial charge in [0.25, 0.3) is 0 Å². The average Bonchev–Trinajstić information content (AvgIpc) is 3.13. The molecule has 3 fully saturated rings. The molecule has 2 saturated carbocycles. The summed E-state index contributed by atoms with van der Waals surface area (Å²) >= 11 is 0. The zero-order chi connectivity index (χ0) is 10.1. The van der Waals surface area contributed by atoms with E-state index in [9.17, 15) is 0 Å². The van der Waals surface area contributed by atoms with Gasteiger partial charge in [0.15, 0.2) is 0 Å². The molecule has 1 aliphatic heterocycles. The van der Waals surface area contributed by atoms with Crippen LogP contribution in [0.25, 0.3) is 0 Å². The Bertz CT molecular complexity index is 189. The Morgan fingerprint density at radius 1 is 0.800 bits per heavy atom.